The molecule has 0 radical (unpaired) electrons. The van der Waals surface area contributed by atoms with Crippen LogP contribution in [-0.4, -0.2) is 31.3 Å². The third kappa shape index (κ3) is 4.64. The highest BCUT2D eigenvalue weighted by atomic mass is 16.5. The second-order valence-corrected chi connectivity index (χ2v) is 5.10. The molecule has 0 spiro atoms. The van der Waals surface area contributed by atoms with Crippen LogP contribution in [0.4, 0.5) is 0 Å². The van der Waals surface area contributed by atoms with Crippen molar-refractivity contribution < 1.29 is 9.84 Å². The molecule has 5 heteroatoms. The first-order valence-corrected chi connectivity index (χ1v) is 6.81. The van der Waals surface area contributed by atoms with Crippen LogP contribution < -0.4 is 15.4 Å². The lowest BCUT2D eigenvalue weighted by atomic mass is 10.1. The average molecular weight is 279 g/mol. The monoisotopic (exact) mass is 279 g/mol. The lowest BCUT2D eigenvalue weighted by molar-refractivity contribution is 0.410. The molecule has 1 aromatic carbocycles. The van der Waals surface area contributed by atoms with Crippen LogP contribution in [0, 0.1) is 5.92 Å². The average Bonchev–Trinajstić information content (AvgIpc) is 2.44. The van der Waals surface area contributed by atoms with E-state index in [2.05, 4.69) is 36.4 Å². The number of nitrogens with zero attached hydrogens (tertiary/aromatic N) is 1. The number of hydrogen-bond donors (Lipinski definition) is 3. The Labute approximate surface area is 121 Å². The lowest BCUT2D eigenvalue weighted by Gasteiger charge is -2.21. The fraction of sp³-hybridized carbons (Fsp3) is 0.533. The Kier molecular flexibility index (Phi) is 6.15. The molecule has 0 heterocycles. The molecular formula is C15H25N3O2. The van der Waals surface area contributed by atoms with E-state index in [4.69, 9.17) is 4.74 Å². The van der Waals surface area contributed by atoms with Crippen molar-refractivity contribution in [1.29, 1.82) is 0 Å². The molecule has 1 unspecified atom stereocenters. The van der Waals surface area contributed by atoms with Crippen molar-refractivity contribution >= 4 is 5.96 Å². The van der Waals surface area contributed by atoms with Gasteiger partial charge in [0, 0.05) is 25.2 Å². The van der Waals surface area contributed by atoms with Crippen LogP contribution in [0.1, 0.15) is 26.3 Å². The van der Waals surface area contributed by atoms with E-state index in [9.17, 15) is 5.11 Å². The summed E-state index contributed by atoms with van der Waals surface area (Å²) in [5.74, 6) is 2.19. The molecular weight excluding hydrogens is 254 g/mol. The third-order valence-corrected chi connectivity index (χ3v) is 3.32. The van der Waals surface area contributed by atoms with Crippen molar-refractivity contribution in [2.75, 3.05) is 14.2 Å². The number of benzene rings is 1. The van der Waals surface area contributed by atoms with E-state index in [0.717, 1.165) is 11.3 Å². The molecule has 20 heavy (non-hydrogen) atoms. The zero-order chi connectivity index (χ0) is 15.1. The summed E-state index contributed by atoms with van der Waals surface area (Å²) < 4.78 is 5.15. The van der Waals surface area contributed by atoms with Gasteiger partial charge in [0.05, 0.1) is 7.11 Å². The van der Waals surface area contributed by atoms with Crippen LogP contribution in [0.2, 0.25) is 0 Å². The summed E-state index contributed by atoms with van der Waals surface area (Å²) in [5, 5.41) is 16.3. The first-order chi connectivity index (χ1) is 9.47. The van der Waals surface area contributed by atoms with Gasteiger partial charge in [-0.3, -0.25) is 4.99 Å². The van der Waals surface area contributed by atoms with E-state index in [0.29, 0.717) is 24.5 Å². The Morgan fingerprint density at radius 1 is 1.35 bits per heavy atom. The predicted octanol–water partition coefficient (Wildman–Crippen LogP) is 2.11. The summed E-state index contributed by atoms with van der Waals surface area (Å²) in [6.45, 7) is 6.89. The predicted molar refractivity (Wildman–Crippen MR) is 82.3 cm³/mol. The number of aliphatic imine (C=N–C) groups is 1. The van der Waals surface area contributed by atoms with E-state index >= 15 is 0 Å². The number of phenolic OH excluding ortho intramolecular Hbond substituents is 1. The maximum absolute atomic E-state index is 9.83. The van der Waals surface area contributed by atoms with E-state index in [1.807, 2.05) is 6.07 Å². The summed E-state index contributed by atoms with van der Waals surface area (Å²) in [4.78, 5) is 4.18. The van der Waals surface area contributed by atoms with Gasteiger partial charge in [0.15, 0.2) is 5.96 Å². The third-order valence-electron chi connectivity index (χ3n) is 3.32. The van der Waals surface area contributed by atoms with Gasteiger partial charge >= 0.3 is 0 Å². The van der Waals surface area contributed by atoms with Gasteiger partial charge in [-0.1, -0.05) is 13.8 Å². The van der Waals surface area contributed by atoms with Crippen molar-refractivity contribution in [2.45, 2.75) is 33.4 Å². The summed E-state index contributed by atoms with van der Waals surface area (Å²) in [7, 11) is 3.34. The topological polar surface area (TPSA) is 65.9 Å². The largest absolute Gasteiger partial charge is 0.508 e. The van der Waals surface area contributed by atoms with E-state index < -0.39 is 0 Å². The lowest BCUT2D eigenvalue weighted by Crippen LogP contribution is -2.43. The molecule has 5 nitrogen and oxygen atoms in total. The van der Waals surface area contributed by atoms with Gasteiger partial charge in [-0.2, -0.15) is 0 Å². The molecule has 3 N–H and O–H groups in total. The molecule has 0 amide bonds. The number of nitrogens with one attached hydrogen (secondary N) is 2. The molecule has 0 aliphatic heterocycles. The Bertz CT molecular complexity index is 458. The van der Waals surface area contributed by atoms with Crippen molar-refractivity contribution in [3.8, 4) is 11.5 Å². The zero-order valence-corrected chi connectivity index (χ0v) is 12.9. The van der Waals surface area contributed by atoms with Gasteiger partial charge in [-0.25, -0.2) is 0 Å². The quantitative estimate of drug-likeness (QED) is 0.570. The molecule has 0 aliphatic carbocycles. The number of aromatic hydroxyl groups is 1. The number of rotatable bonds is 5. The first kappa shape index (κ1) is 16.1. The fourth-order valence-corrected chi connectivity index (χ4v) is 1.59. The Morgan fingerprint density at radius 3 is 2.60 bits per heavy atom. The summed E-state index contributed by atoms with van der Waals surface area (Å²) in [6, 6.07) is 5.48. The molecule has 1 atom stereocenters. The molecule has 0 saturated heterocycles. The molecule has 1 rings (SSSR count). The molecule has 0 aromatic heterocycles. The molecule has 0 bridgehead atoms. The number of methoxy groups -OCH3 is 1. The van der Waals surface area contributed by atoms with E-state index in [-0.39, 0.29) is 5.75 Å². The minimum Gasteiger partial charge on any atom is -0.508 e. The minimum atomic E-state index is 0.241. The van der Waals surface area contributed by atoms with Crippen LogP contribution in [0.25, 0.3) is 0 Å². The standard InChI is InChI=1S/C15H25N3O2/c1-10(2)11(3)18-15(16-4)17-9-12-8-13(20-5)6-7-14(12)19/h6-8,10-11,19H,9H2,1-5H3,(H2,16,17,18). The van der Waals surface area contributed by atoms with Gasteiger partial charge in [-0.15, -0.1) is 0 Å². The van der Waals surface area contributed by atoms with Crippen LogP contribution >= 0.6 is 0 Å². The van der Waals surface area contributed by atoms with Crippen molar-refractivity contribution in [3.63, 3.8) is 0 Å². The zero-order valence-electron chi connectivity index (χ0n) is 12.9. The van der Waals surface area contributed by atoms with Crippen LogP contribution in [0.5, 0.6) is 11.5 Å². The first-order valence-electron chi connectivity index (χ1n) is 6.81. The highest BCUT2D eigenvalue weighted by molar-refractivity contribution is 5.80. The van der Waals surface area contributed by atoms with Gasteiger partial charge in [0.1, 0.15) is 11.5 Å². The number of guanidine groups is 1. The maximum Gasteiger partial charge on any atom is 0.191 e. The smallest absolute Gasteiger partial charge is 0.191 e. The number of ether oxygens (including phenoxy) is 1. The van der Waals surface area contributed by atoms with Crippen molar-refractivity contribution in [3.05, 3.63) is 23.8 Å². The molecule has 0 fully saturated rings. The number of phenols is 1. The van der Waals surface area contributed by atoms with E-state index in [1.165, 1.54) is 0 Å². The molecule has 1 aromatic rings. The minimum absolute atomic E-state index is 0.241. The molecule has 112 valence electrons. The van der Waals surface area contributed by atoms with Crippen LogP contribution in [0.15, 0.2) is 23.2 Å². The fourth-order valence-electron chi connectivity index (χ4n) is 1.59. The maximum atomic E-state index is 9.83. The highest BCUT2D eigenvalue weighted by Crippen LogP contribution is 2.22. The highest BCUT2D eigenvalue weighted by Gasteiger charge is 2.10. The van der Waals surface area contributed by atoms with Crippen LogP contribution in [0.3, 0.4) is 0 Å². The molecule has 0 aliphatic rings. The van der Waals surface area contributed by atoms with Gasteiger partial charge in [0.25, 0.3) is 0 Å². The SMILES string of the molecule is CN=C(NCc1cc(OC)ccc1O)NC(C)C(C)C. The molecule has 0 saturated carbocycles. The summed E-state index contributed by atoms with van der Waals surface area (Å²) in [5.41, 5.74) is 0.768. The van der Waals surface area contributed by atoms with Crippen LogP contribution in [-0.2, 0) is 6.54 Å². The second-order valence-electron chi connectivity index (χ2n) is 5.10. The van der Waals surface area contributed by atoms with Crippen molar-refractivity contribution in [1.82, 2.24) is 10.6 Å². The summed E-state index contributed by atoms with van der Waals surface area (Å²) in [6.07, 6.45) is 0. The Hall–Kier alpha value is -1.91. The normalized spacial score (nSPS) is 13.2. The number of hydrogen-bond acceptors (Lipinski definition) is 3. The second kappa shape index (κ2) is 7.62. The Balaban J connectivity index is 2.65. The van der Waals surface area contributed by atoms with Gasteiger partial charge in [0.2, 0.25) is 0 Å². The Morgan fingerprint density at radius 2 is 2.05 bits per heavy atom. The van der Waals surface area contributed by atoms with E-state index in [1.54, 1.807) is 26.3 Å². The van der Waals surface area contributed by atoms with Crippen molar-refractivity contribution in [2.24, 2.45) is 10.9 Å². The van der Waals surface area contributed by atoms with Gasteiger partial charge in [-0.05, 0) is 31.0 Å². The summed E-state index contributed by atoms with van der Waals surface area (Å²) >= 11 is 0. The van der Waals surface area contributed by atoms with Gasteiger partial charge < -0.3 is 20.5 Å².